The van der Waals surface area contributed by atoms with Crippen LogP contribution in [0.25, 0.3) is 17.0 Å². The molecule has 0 fully saturated rings. The Morgan fingerprint density at radius 1 is 1.44 bits per heavy atom. The fourth-order valence-corrected chi connectivity index (χ4v) is 1.97. The molecular formula is C13H11N3O2. The van der Waals surface area contributed by atoms with E-state index < -0.39 is 0 Å². The number of imidazole rings is 1. The molecule has 0 atom stereocenters. The van der Waals surface area contributed by atoms with Crippen LogP contribution in [0.1, 0.15) is 23.0 Å². The summed E-state index contributed by atoms with van der Waals surface area (Å²) in [6, 6.07) is 2.01. The lowest BCUT2D eigenvalue weighted by Gasteiger charge is -2.05. The lowest BCUT2D eigenvalue weighted by atomic mass is 10.1. The molecule has 0 radical (unpaired) electrons. The third-order valence-corrected chi connectivity index (χ3v) is 2.92. The first-order valence-electron chi connectivity index (χ1n) is 5.67. The predicted molar refractivity (Wildman–Crippen MR) is 65.5 cm³/mol. The summed E-state index contributed by atoms with van der Waals surface area (Å²) < 4.78 is 7.10. The number of carbonyl (C=O) groups excluding carboxylic acids is 1. The van der Waals surface area contributed by atoms with E-state index in [-0.39, 0.29) is 0 Å². The molecule has 90 valence electrons. The minimum absolute atomic E-state index is 0.529. The van der Waals surface area contributed by atoms with Gasteiger partial charge in [0.2, 0.25) is 0 Å². The van der Waals surface area contributed by atoms with Crippen LogP contribution in [-0.2, 0) is 6.42 Å². The molecule has 0 spiro atoms. The maximum atomic E-state index is 11.0. The number of aldehydes is 1. The van der Waals surface area contributed by atoms with Crippen molar-refractivity contribution in [1.29, 1.82) is 0 Å². The topological polar surface area (TPSA) is 60.4 Å². The normalized spacial score (nSPS) is 10.9. The van der Waals surface area contributed by atoms with E-state index >= 15 is 0 Å². The molecule has 3 aromatic heterocycles. The van der Waals surface area contributed by atoms with Gasteiger partial charge in [-0.25, -0.2) is 9.97 Å². The number of nitrogens with zero attached hydrogens (tertiary/aromatic N) is 3. The van der Waals surface area contributed by atoms with Crippen molar-refractivity contribution < 1.29 is 9.21 Å². The zero-order chi connectivity index (χ0) is 12.5. The van der Waals surface area contributed by atoms with Gasteiger partial charge >= 0.3 is 0 Å². The summed E-state index contributed by atoms with van der Waals surface area (Å²) in [5.74, 6) is 0.651. The lowest BCUT2D eigenvalue weighted by molar-refractivity contribution is 0.111. The number of fused-ring (bicyclic) bond motifs is 1. The predicted octanol–water partition coefficient (Wildman–Crippen LogP) is 2.36. The maximum Gasteiger partial charge on any atom is 0.181 e. The number of carbonyl (C=O) groups is 1. The van der Waals surface area contributed by atoms with E-state index in [9.17, 15) is 4.79 Å². The maximum absolute atomic E-state index is 11.0. The van der Waals surface area contributed by atoms with Crippen LogP contribution in [0.3, 0.4) is 0 Å². The molecule has 0 saturated heterocycles. The Kier molecular flexibility index (Phi) is 2.44. The van der Waals surface area contributed by atoms with Crippen LogP contribution in [0.5, 0.6) is 0 Å². The Balaban J connectivity index is 2.36. The Morgan fingerprint density at radius 2 is 2.33 bits per heavy atom. The number of rotatable bonds is 3. The van der Waals surface area contributed by atoms with Gasteiger partial charge < -0.3 is 4.42 Å². The van der Waals surface area contributed by atoms with Gasteiger partial charge in [0.15, 0.2) is 18.4 Å². The van der Waals surface area contributed by atoms with Gasteiger partial charge in [-0.2, -0.15) is 0 Å². The van der Waals surface area contributed by atoms with E-state index in [0.29, 0.717) is 17.1 Å². The van der Waals surface area contributed by atoms with Gasteiger partial charge in [-0.3, -0.25) is 9.20 Å². The largest absolute Gasteiger partial charge is 0.443 e. The van der Waals surface area contributed by atoms with Crippen LogP contribution in [0.15, 0.2) is 35.5 Å². The number of oxazole rings is 1. The summed E-state index contributed by atoms with van der Waals surface area (Å²) >= 11 is 0. The van der Waals surface area contributed by atoms with Gasteiger partial charge in [0, 0.05) is 6.20 Å². The van der Waals surface area contributed by atoms with Crippen LogP contribution >= 0.6 is 0 Å². The summed E-state index contributed by atoms with van der Waals surface area (Å²) in [6.07, 6.45) is 8.17. The molecular weight excluding hydrogens is 230 g/mol. The SMILES string of the molecule is CCc1cc(-c2cnco2)c2ncc(C=O)n2c1. The van der Waals surface area contributed by atoms with Crippen LogP contribution in [0, 0.1) is 0 Å². The molecule has 0 amide bonds. The minimum atomic E-state index is 0.529. The van der Waals surface area contributed by atoms with Crippen molar-refractivity contribution in [2.75, 3.05) is 0 Å². The number of aromatic nitrogens is 3. The summed E-state index contributed by atoms with van der Waals surface area (Å²) in [5, 5.41) is 0. The molecule has 5 nitrogen and oxygen atoms in total. The third-order valence-electron chi connectivity index (χ3n) is 2.92. The van der Waals surface area contributed by atoms with E-state index in [1.54, 1.807) is 16.8 Å². The Bertz CT molecular complexity index is 698. The molecule has 0 unspecified atom stereocenters. The highest BCUT2D eigenvalue weighted by Gasteiger charge is 2.12. The molecule has 0 saturated carbocycles. The highest BCUT2D eigenvalue weighted by atomic mass is 16.3. The second-order valence-corrected chi connectivity index (χ2v) is 3.98. The van der Waals surface area contributed by atoms with Gasteiger partial charge in [0.1, 0.15) is 11.3 Å². The van der Waals surface area contributed by atoms with E-state index in [0.717, 1.165) is 23.8 Å². The van der Waals surface area contributed by atoms with Gasteiger partial charge in [-0.1, -0.05) is 6.92 Å². The van der Waals surface area contributed by atoms with Crippen molar-refractivity contribution in [3.63, 3.8) is 0 Å². The highest BCUT2D eigenvalue weighted by molar-refractivity contribution is 5.80. The van der Waals surface area contributed by atoms with Crippen LogP contribution < -0.4 is 0 Å². The van der Waals surface area contributed by atoms with Gasteiger partial charge in [0.05, 0.1) is 18.0 Å². The summed E-state index contributed by atoms with van der Waals surface area (Å²) in [7, 11) is 0. The Morgan fingerprint density at radius 3 is 3.00 bits per heavy atom. The monoisotopic (exact) mass is 241 g/mol. The molecule has 0 N–H and O–H groups in total. The molecule has 0 aliphatic carbocycles. The number of pyridine rings is 1. The van der Waals surface area contributed by atoms with Gasteiger partial charge in [0.25, 0.3) is 0 Å². The third kappa shape index (κ3) is 1.52. The first-order valence-corrected chi connectivity index (χ1v) is 5.67. The molecule has 18 heavy (non-hydrogen) atoms. The van der Waals surface area contributed by atoms with Crippen molar-refractivity contribution >= 4 is 11.9 Å². The fourth-order valence-electron chi connectivity index (χ4n) is 1.97. The Labute approximate surface area is 103 Å². The molecule has 0 aliphatic heterocycles. The number of aryl methyl sites for hydroxylation is 1. The number of hydrogen-bond donors (Lipinski definition) is 0. The second-order valence-electron chi connectivity index (χ2n) is 3.98. The minimum Gasteiger partial charge on any atom is -0.443 e. The molecule has 3 heterocycles. The summed E-state index contributed by atoms with van der Waals surface area (Å²) in [5.41, 5.74) is 3.18. The fraction of sp³-hybridized carbons (Fsp3) is 0.154. The van der Waals surface area contributed by atoms with E-state index in [4.69, 9.17) is 4.42 Å². The van der Waals surface area contributed by atoms with Crippen LogP contribution in [0.4, 0.5) is 0 Å². The lowest BCUT2D eigenvalue weighted by Crippen LogP contribution is -1.96. The average molecular weight is 241 g/mol. The molecule has 0 aromatic carbocycles. The highest BCUT2D eigenvalue weighted by Crippen LogP contribution is 2.25. The second kappa shape index (κ2) is 4.10. The first-order chi connectivity index (χ1) is 8.83. The van der Waals surface area contributed by atoms with Crippen LogP contribution in [-0.4, -0.2) is 20.7 Å². The summed E-state index contributed by atoms with van der Waals surface area (Å²) in [6.45, 7) is 2.06. The quantitative estimate of drug-likeness (QED) is 0.660. The zero-order valence-electron chi connectivity index (χ0n) is 9.83. The van der Waals surface area contributed by atoms with Crippen molar-refractivity contribution in [3.8, 4) is 11.3 Å². The summed E-state index contributed by atoms with van der Waals surface area (Å²) in [4.78, 5) is 19.2. The molecule has 3 rings (SSSR count). The number of hydrogen-bond acceptors (Lipinski definition) is 4. The van der Waals surface area contributed by atoms with Crippen LogP contribution in [0.2, 0.25) is 0 Å². The van der Waals surface area contributed by atoms with Crippen molar-refractivity contribution in [1.82, 2.24) is 14.4 Å². The average Bonchev–Trinajstić information content (AvgIpc) is 3.06. The molecule has 3 aromatic rings. The van der Waals surface area contributed by atoms with Gasteiger partial charge in [-0.15, -0.1) is 0 Å². The zero-order valence-corrected chi connectivity index (χ0v) is 9.83. The van der Waals surface area contributed by atoms with Gasteiger partial charge in [-0.05, 0) is 18.1 Å². The molecule has 0 bridgehead atoms. The molecule has 5 heteroatoms. The molecule has 0 aliphatic rings. The smallest absolute Gasteiger partial charge is 0.181 e. The first kappa shape index (κ1) is 10.7. The van der Waals surface area contributed by atoms with E-state index in [1.807, 2.05) is 12.3 Å². The van der Waals surface area contributed by atoms with Crippen molar-refractivity contribution in [2.45, 2.75) is 13.3 Å². The Hall–Kier alpha value is -2.43. The van der Waals surface area contributed by atoms with Crippen molar-refractivity contribution in [3.05, 3.63) is 42.3 Å². The van der Waals surface area contributed by atoms with E-state index in [2.05, 4.69) is 16.9 Å². The van der Waals surface area contributed by atoms with E-state index in [1.165, 1.54) is 6.39 Å². The standard InChI is InChI=1S/C13H11N3O2/c1-2-9-3-11(12-5-14-8-18-12)13-15-4-10(7-17)16(13)6-9/h3-8H,2H2,1H3. The van der Waals surface area contributed by atoms with Crippen molar-refractivity contribution in [2.24, 2.45) is 0 Å².